The Kier molecular flexibility index (Phi) is 3.85. The van der Waals surface area contributed by atoms with Crippen molar-refractivity contribution in [3.8, 4) is 5.75 Å². The van der Waals surface area contributed by atoms with E-state index in [2.05, 4.69) is 35.5 Å². The third-order valence-corrected chi connectivity index (χ3v) is 4.03. The van der Waals surface area contributed by atoms with Gasteiger partial charge >= 0.3 is 0 Å². The van der Waals surface area contributed by atoms with Gasteiger partial charge in [0.1, 0.15) is 11.3 Å². The van der Waals surface area contributed by atoms with Crippen LogP contribution in [-0.2, 0) is 6.54 Å². The molecule has 1 saturated heterocycles. The van der Waals surface area contributed by atoms with Crippen LogP contribution in [0, 0.1) is 0 Å². The smallest absolute Gasteiger partial charge is 0.145 e. The number of rotatable bonds is 4. The third kappa shape index (κ3) is 2.62. The van der Waals surface area contributed by atoms with Crippen molar-refractivity contribution >= 4 is 10.9 Å². The Morgan fingerprint density at radius 2 is 2.25 bits per heavy atom. The normalized spacial score (nSPS) is 18.9. The lowest BCUT2D eigenvalue weighted by Gasteiger charge is -2.23. The molecule has 1 fully saturated rings. The van der Waals surface area contributed by atoms with Gasteiger partial charge in [0.2, 0.25) is 0 Å². The topological polar surface area (TPSA) is 37.4 Å². The van der Waals surface area contributed by atoms with Gasteiger partial charge in [0.05, 0.1) is 12.8 Å². The summed E-state index contributed by atoms with van der Waals surface area (Å²) in [5.41, 5.74) is 2.04. The summed E-state index contributed by atoms with van der Waals surface area (Å²) in [7, 11) is 3.87. The number of nitrogens with one attached hydrogen (secondary N) is 1. The van der Waals surface area contributed by atoms with Crippen LogP contribution in [0.15, 0.2) is 30.3 Å². The first kappa shape index (κ1) is 13.3. The number of benzene rings is 1. The van der Waals surface area contributed by atoms with E-state index in [9.17, 15) is 0 Å². The zero-order valence-corrected chi connectivity index (χ0v) is 12.1. The molecule has 1 N–H and O–H groups in total. The second-order valence-electron chi connectivity index (χ2n) is 5.40. The van der Waals surface area contributed by atoms with E-state index >= 15 is 0 Å². The van der Waals surface area contributed by atoms with Crippen LogP contribution < -0.4 is 10.1 Å². The zero-order chi connectivity index (χ0) is 13.9. The molecule has 4 heteroatoms. The molecule has 0 saturated carbocycles. The van der Waals surface area contributed by atoms with Crippen LogP contribution in [0.3, 0.4) is 0 Å². The standard InChI is InChI=1S/C16H21N3O/c1-19(14-8-9-17-10-14)11-13-7-6-12-4-3-5-15(20-2)16(12)18-13/h3-7,14,17H,8-11H2,1-2H3. The van der Waals surface area contributed by atoms with Gasteiger partial charge in [0.15, 0.2) is 0 Å². The zero-order valence-electron chi connectivity index (χ0n) is 12.1. The summed E-state index contributed by atoms with van der Waals surface area (Å²) in [6, 6.07) is 10.9. The van der Waals surface area contributed by atoms with Crippen LogP contribution in [0.5, 0.6) is 5.75 Å². The highest BCUT2D eigenvalue weighted by Crippen LogP contribution is 2.24. The number of hydrogen-bond acceptors (Lipinski definition) is 4. The van der Waals surface area contributed by atoms with Crippen LogP contribution in [0.25, 0.3) is 10.9 Å². The highest BCUT2D eigenvalue weighted by Gasteiger charge is 2.19. The predicted octanol–water partition coefficient (Wildman–Crippen LogP) is 2.04. The van der Waals surface area contributed by atoms with Gasteiger partial charge in [-0.3, -0.25) is 4.90 Å². The number of para-hydroxylation sites is 1. The van der Waals surface area contributed by atoms with E-state index in [0.29, 0.717) is 6.04 Å². The van der Waals surface area contributed by atoms with Gasteiger partial charge in [-0.15, -0.1) is 0 Å². The molecule has 1 unspecified atom stereocenters. The first-order chi connectivity index (χ1) is 9.78. The summed E-state index contributed by atoms with van der Waals surface area (Å²) >= 11 is 0. The van der Waals surface area contributed by atoms with Crippen LogP contribution >= 0.6 is 0 Å². The molecule has 0 radical (unpaired) electrons. The van der Waals surface area contributed by atoms with Crippen molar-refractivity contribution in [2.45, 2.75) is 19.0 Å². The Morgan fingerprint density at radius 3 is 3.00 bits per heavy atom. The first-order valence-corrected chi connectivity index (χ1v) is 7.11. The summed E-state index contributed by atoms with van der Waals surface area (Å²) in [4.78, 5) is 7.15. The van der Waals surface area contributed by atoms with Crippen molar-refractivity contribution in [2.75, 3.05) is 27.2 Å². The van der Waals surface area contributed by atoms with Gasteiger partial charge in [0.25, 0.3) is 0 Å². The van der Waals surface area contributed by atoms with Gasteiger partial charge < -0.3 is 10.1 Å². The Balaban J connectivity index is 1.84. The summed E-state index contributed by atoms with van der Waals surface area (Å²) in [6.45, 7) is 3.07. The molecule has 1 aliphatic heterocycles. The number of ether oxygens (including phenoxy) is 1. The Hall–Kier alpha value is -1.65. The predicted molar refractivity (Wildman–Crippen MR) is 81.0 cm³/mol. The molecule has 0 aliphatic carbocycles. The maximum atomic E-state index is 5.40. The summed E-state index contributed by atoms with van der Waals surface area (Å²) in [6.07, 6.45) is 1.22. The van der Waals surface area contributed by atoms with Gasteiger partial charge in [-0.25, -0.2) is 4.98 Å². The molecule has 0 amide bonds. The minimum atomic E-state index is 0.616. The quantitative estimate of drug-likeness (QED) is 0.923. The highest BCUT2D eigenvalue weighted by molar-refractivity contribution is 5.84. The number of aromatic nitrogens is 1. The Bertz CT molecular complexity index is 593. The molecule has 0 bridgehead atoms. The molecule has 106 valence electrons. The van der Waals surface area contributed by atoms with Crippen LogP contribution in [-0.4, -0.2) is 43.2 Å². The fraction of sp³-hybridized carbons (Fsp3) is 0.438. The van der Waals surface area contributed by atoms with E-state index in [4.69, 9.17) is 9.72 Å². The minimum absolute atomic E-state index is 0.616. The largest absolute Gasteiger partial charge is 0.494 e. The highest BCUT2D eigenvalue weighted by atomic mass is 16.5. The van der Waals surface area contributed by atoms with Crippen molar-refractivity contribution in [1.29, 1.82) is 0 Å². The molecular formula is C16H21N3O. The summed E-state index contributed by atoms with van der Waals surface area (Å²) in [5.74, 6) is 0.842. The second kappa shape index (κ2) is 5.77. The molecule has 1 atom stereocenters. The maximum Gasteiger partial charge on any atom is 0.145 e. The summed E-state index contributed by atoms with van der Waals surface area (Å²) < 4.78 is 5.40. The van der Waals surface area contributed by atoms with E-state index in [1.807, 2.05) is 12.1 Å². The van der Waals surface area contributed by atoms with Crippen LogP contribution in [0.2, 0.25) is 0 Å². The average molecular weight is 271 g/mol. The molecule has 3 rings (SSSR count). The number of nitrogens with zero attached hydrogens (tertiary/aromatic N) is 2. The lowest BCUT2D eigenvalue weighted by Crippen LogP contribution is -2.33. The Morgan fingerprint density at radius 1 is 1.35 bits per heavy atom. The van der Waals surface area contributed by atoms with Gasteiger partial charge in [-0.2, -0.15) is 0 Å². The van der Waals surface area contributed by atoms with Gasteiger partial charge in [0, 0.05) is 24.5 Å². The third-order valence-electron chi connectivity index (χ3n) is 4.03. The van der Waals surface area contributed by atoms with E-state index in [1.54, 1.807) is 7.11 Å². The average Bonchev–Trinajstić information content (AvgIpc) is 3.01. The molecule has 2 heterocycles. The number of hydrogen-bond donors (Lipinski definition) is 1. The van der Waals surface area contributed by atoms with E-state index < -0.39 is 0 Å². The first-order valence-electron chi connectivity index (χ1n) is 7.11. The van der Waals surface area contributed by atoms with Crippen LogP contribution in [0.4, 0.5) is 0 Å². The summed E-state index contributed by atoms with van der Waals surface area (Å²) in [5, 5.41) is 4.53. The number of likely N-dealkylation sites (N-methyl/N-ethyl adjacent to an activating group) is 1. The fourth-order valence-corrected chi connectivity index (χ4v) is 2.81. The molecule has 1 aliphatic rings. The second-order valence-corrected chi connectivity index (χ2v) is 5.40. The molecule has 2 aromatic rings. The molecule has 1 aromatic heterocycles. The van der Waals surface area contributed by atoms with Crippen molar-refractivity contribution in [3.63, 3.8) is 0 Å². The molecular weight excluding hydrogens is 250 g/mol. The monoisotopic (exact) mass is 271 g/mol. The van der Waals surface area contributed by atoms with Gasteiger partial charge in [-0.1, -0.05) is 18.2 Å². The molecule has 4 nitrogen and oxygen atoms in total. The van der Waals surface area contributed by atoms with Gasteiger partial charge in [-0.05, 0) is 32.1 Å². The minimum Gasteiger partial charge on any atom is -0.494 e. The van der Waals surface area contributed by atoms with Crippen molar-refractivity contribution in [3.05, 3.63) is 36.0 Å². The van der Waals surface area contributed by atoms with Crippen LogP contribution in [0.1, 0.15) is 12.1 Å². The van der Waals surface area contributed by atoms with E-state index in [1.165, 1.54) is 6.42 Å². The molecule has 20 heavy (non-hydrogen) atoms. The number of methoxy groups -OCH3 is 1. The lowest BCUT2D eigenvalue weighted by atomic mass is 10.1. The fourth-order valence-electron chi connectivity index (χ4n) is 2.81. The molecule has 1 aromatic carbocycles. The van der Waals surface area contributed by atoms with Crippen molar-refractivity contribution < 1.29 is 4.74 Å². The van der Waals surface area contributed by atoms with Crippen molar-refractivity contribution in [2.24, 2.45) is 0 Å². The SMILES string of the molecule is COc1cccc2ccc(CN(C)C3CCNC3)nc12. The Labute approximate surface area is 119 Å². The number of fused-ring (bicyclic) bond motifs is 1. The maximum absolute atomic E-state index is 5.40. The molecule has 0 spiro atoms. The van der Waals surface area contributed by atoms with E-state index in [-0.39, 0.29) is 0 Å². The number of pyridine rings is 1. The van der Waals surface area contributed by atoms with Crippen molar-refractivity contribution in [1.82, 2.24) is 15.2 Å². The lowest BCUT2D eigenvalue weighted by molar-refractivity contribution is 0.246. The van der Waals surface area contributed by atoms with E-state index in [0.717, 1.165) is 42.0 Å².